The molecule has 13 heavy (non-hydrogen) atoms. The molecule has 0 N–H and O–H groups in total. The van der Waals surface area contributed by atoms with Crippen LogP contribution < -0.4 is 0 Å². The van der Waals surface area contributed by atoms with Crippen molar-refractivity contribution in [1.29, 1.82) is 0 Å². The van der Waals surface area contributed by atoms with E-state index in [9.17, 15) is 0 Å². The van der Waals surface area contributed by atoms with E-state index in [1.54, 1.807) is 0 Å². The summed E-state index contributed by atoms with van der Waals surface area (Å²) in [5.74, 6) is 0. The van der Waals surface area contributed by atoms with E-state index < -0.39 is 18.2 Å². The molecule has 0 aliphatic heterocycles. The summed E-state index contributed by atoms with van der Waals surface area (Å²) in [7, 11) is 9.81. The average Bonchev–Trinajstić information content (AvgIpc) is 2.06. The predicted octanol–water partition coefficient (Wildman–Crippen LogP) is 3.80. The molecule has 0 amide bonds. The second-order valence-electron chi connectivity index (χ2n) is 3.35. The zero-order chi connectivity index (χ0) is 10.3. The number of halogens is 2. The molecule has 1 aromatic carbocycles. The molecule has 0 spiro atoms. The molecule has 1 radical (unpaired) electrons. The van der Waals surface area contributed by atoms with E-state index in [-0.39, 0.29) is 5.41 Å². The maximum Gasteiger partial charge on any atom is 0.618 e. The van der Waals surface area contributed by atoms with Crippen molar-refractivity contribution in [3.8, 4) is 0 Å². The van der Waals surface area contributed by atoms with Crippen LogP contribution in [0.3, 0.4) is 0 Å². The van der Waals surface area contributed by atoms with Crippen molar-refractivity contribution in [3.05, 3.63) is 42.8 Å². The van der Waals surface area contributed by atoms with Crippen molar-refractivity contribution in [3.63, 3.8) is 0 Å². The molecular weight excluding hydrogens is 215 g/mol. The molecule has 0 unspecified atom stereocenters. The number of rotatable bonds is 1. The summed E-state index contributed by atoms with van der Waals surface area (Å²) in [5.41, 5.74) is 1.33. The van der Waals surface area contributed by atoms with Crippen molar-refractivity contribution in [2.45, 2.75) is 19.3 Å². The zero-order valence-corrected chi connectivity index (χ0v) is 11.0. The molecule has 0 saturated carbocycles. The molecule has 0 saturated heterocycles. The van der Waals surface area contributed by atoms with Gasteiger partial charge in [-0.25, -0.2) is 0 Å². The predicted molar refractivity (Wildman–Crippen MR) is 62.3 cm³/mol. The number of hydrogen-bond acceptors (Lipinski definition) is 0. The quantitative estimate of drug-likeness (QED) is 0.641. The molecule has 3 heteroatoms. The lowest BCUT2D eigenvalue weighted by atomic mass is 9.87. The SMILES string of the molecule is [CH2]C(C)(C)c1ccccc1.[Cl][Mg][Cl]. The van der Waals surface area contributed by atoms with Crippen LogP contribution in [0.15, 0.2) is 30.3 Å². The fraction of sp³-hybridized carbons (Fsp3) is 0.300. The van der Waals surface area contributed by atoms with Gasteiger partial charge in [0.2, 0.25) is 0 Å². The van der Waals surface area contributed by atoms with Gasteiger partial charge >= 0.3 is 18.2 Å². The summed E-state index contributed by atoms with van der Waals surface area (Å²) in [5, 5.41) is 0. The minimum absolute atomic E-state index is 0.0429. The lowest BCUT2D eigenvalue weighted by molar-refractivity contribution is 0.665. The Hall–Kier alpha value is 0.566. The Kier molecular flexibility index (Phi) is 7.24. The average molecular weight is 228 g/mol. The Morgan fingerprint density at radius 2 is 1.54 bits per heavy atom. The van der Waals surface area contributed by atoms with E-state index in [4.69, 9.17) is 18.1 Å². The number of benzene rings is 1. The van der Waals surface area contributed by atoms with Crippen LogP contribution in [0.1, 0.15) is 19.4 Å². The standard InChI is InChI=1S/C10H13.2ClH.Mg/c1-10(2,3)9-7-5-4-6-8-9;;;/h4-8H,1H2,2-3H3;2*1H;/q;;;+2/p-2. The Balaban J connectivity index is 0.000000424. The topological polar surface area (TPSA) is 0 Å². The van der Waals surface area contributed by atoms with Gasteiger partial charge in [0, 0.05) is 0 Å². The lowest BCUT2D eigenvalue weighted by Gasteiger charge is -2.17. The summed E-state index contributed by atoms with van der Waals surface area (Å²) in [6.07, 6.45) is 0. The molecule has 0 atom stereocenters. The summed E-state index contributed by atoms with van der Waals surface area (Å²) < 4.78 is 0. The Bertz CT molecular complexity index is 216. The molecule has 0 aliphatic carbocycles. The van der Waals surface area contributed by atoms with Gasteiger partial charge < -0.3 is 18.1 Å². The highest BCUT2D eigenvalue weighted by Gasteiger charge is 2.11. The number of hydrogen-bond donors (Lipinski definition) is 0. The first-order chi connectivity index (χ1) is 6.02. The van der Waals surface area contributed by atoms with Crippen LogP contribution in [0.2, 0.25) is 0 Å². The van der Waals surface area contributed by atoms with Gasteiger partial charge in [-0.1, -0.05) is 44.2 Å². The van der Waals surface area contributed by atoms with Gasteiger partial charge in [-0.3, -0.25) is 0 Å². The minimum Gasteiger partial charge on any atom is -0.309 e. The van der Waals surface area contributed by atoms with Crippen molar-refractivity contribution in [2.24, 2.45) is 0 Å². The normalized spacial score (nSPS) is 9.62. The maximum atomic E-state index is 4.90. The summed E-state index contributed by atoms with van der Waals surface area (Å²) in [6, 6.07) is 10.3. The Morgan fingerprint density at radius 3 is 1.77 bits per heavy atom. The van der Waals surface area contributed by atoms with Crippen molar-refractivity contribution >= 4 is 36.3 Å². The van der Waals surface area contributed by atoms with Crippen LogP contribution in [-0.4, -0.2) is 18.2 Å². The van der Waals surface area contributed by atoms with Gasteiger partial charge in [0.25, 0.3) is 0 Å². The smallest absolute Gasteiger partial charge is 0.309 e. The van der Waals surface area contributed by atoms with Gasteiger partial charge in [-0.15, -0.1) is 0 Å². The second-order valence-corrected chi connectivity index (χ2v) is 5.98. The van der Waals surface area contributed by atoms with Gasteiger partial charge in [0.15, 0.2) is 0 Å². The third kappa shape index (κ3) is 6.61. The summed E-state index contributed by atoms with van der Waals surface area (Å²) in [6.45, 7) is 8.27. The molecular formula is C10H13Cl2Mg. The second kappa shape index (κ2) is 6.94. The molecule has 1 rings (SSSR count). The third-order valence-corrected chi connectivity index (χ3v) is 1.56. The van der Waals surface area contributed by atoms with Gasteiger partial charge in [-0.2, -0.15) is 0 Å². The molecule has 69 valence electrons. The molecule has 0 aliphatic rings. The summed E-state index contributed by atoms with van der Waals surface area (Å²) >= 11 is -0.639. The largest absolute Gasteiger partial charge is 0.618 e. The fourth-order valence-electron chi connectivity index (χ4n) is 0.889. The zero-order valence-electron chi connectivity index (χ0n) is 8.06. The maximum absolute atomic E-state index is 4.90. The first-order valence-electron chi connectivity index (χ1n) is 4.05. The van der Waals surface area contributed by atoms with Crippen molar-refractivity contribution in [2.75, 3.05) is 0 Å². The highest BCUT2D eigenvalue weighted by Crippen LogP contribution is 2.20. The van der Waals surface area contributed by atoms with E-state index in [0.717, 1.165) is 0 Å². The monoisotopic (exact) mass is 227 g/mol. The fourth-order valence-corrected chi connectivity index (χ4v) is 0.889. The molecule has 0 nitrogen and oxygen atoms in total. The highest BCUT2D eigenvalue weighted by atomic mass is 35.6. The van der Waals surface area contributed by atoms with Crippen molar-refractivity contribution in [1.82, 2.24) is 0 Å². The van der Waals surface area contributed by atoms with E-state index >= 15 is 0 Å². The Labute approximate surface area is 97.9 Å². The van der Waals surface area contributed by atoms with Crippen LogP contribution in [0.25, 0.3) is 0 Å². The highest BCUT2D eigenvalue weighted by molar-refractivity contribution is 7.22. The molecule has 0 fully saturated rings. The first kappa shape index (κ1) is 13.6. The van der Waals surface area contributed by atoms with Crippen LogP contribution in [0.4, 0.5) is 0 Å². The minimum atomic E-state index is -0.639. The van der Waals surface area contributed by atoms with E-state index in [1.165, 1.54) is 5.56 Å². The lowest BCUT2D eigenvalue weighted by Crippen LogP contribution is -2.10. The van der Waals surface area contributed by atoms with Crippen LogP contribution >= 0.6 is 18.1 Å². The first-order valence-corrected chi connectivity index (χ1v) is 8.32. The van der Waals surface area contributed by atoms with Crippen molar-refractivity contribution < 1.29 is 0 Å². The van der Waals surface area contributed by atoms with Gasteiger partial charge in [0.1, 0.15) is 0 Å². The molecule has 0 heterocycles. The van der Waals surface area contributed by atoms with Crippen LogP contribution in [-0.2, 0) is 5.41 Å². The van der Waals surface area contributed by atoms with E-state index in [1.807, 2.05) is 18.2 Å². The van der Waals surface area contributed by atoms with E-state index in [0.29, 0.717) is 0 Å². The van der Waals surface area contributed by atoms with Gasteiger partial charge in [-0.05, 0) is 17.9 Å². The Morgan fingerprint density at radius 1 is 1.15 bits per heavy atom. The summed E-state index contributed by atoms with van der Waals surface area (Å²) in [4.78, 5) is 0. The third-order valence-electron chi connectivity index (χ3n) is 1.56. The van der Waals surface area contributed by atoms with E-state index in [2.05, 4.69) is 32.9 Å². The van der Waals surface area contributed by atoms with Crippen LogP contribution in [0, 0.1) is 6.92 Å². The molecule has 0 aromatic heterocycles. The molecule has 1 aromatic rings. The van der Waals surface area contributed by atoms with Gasteiger partial charge in [0.05, 0.1) is 0 Å². The van der Waals surface area contributed by atoms with Crippen LogP contribution in [0.5, 0.6) is 0 Å². The molecule has 0 bridgehead atoms.